The Morgan fingerprint density at radius 2 is 1.89 bits per heavy atom. The van der Waals surface area contributed by atoms with Gasteiger partial charge in [-0.25, -0.2) is 0 Å². The topological polar surface area (TPSA) is 77.9 Å². The van der Waals surface area contributed by atoms with Crippen LogP contribution < -0.4 is 0 Å². The molecular formula is C22H30N2O4. The van der Waals surface area contributed by atoms with E-state index in [0.29, 0.717) is 18.9 Å². The van der Waals surface area contributed by atoms with Crippen molar-refractivity contribution in [2.75, 3.05) is 20.6 Å². The summed E-state index contributed by atoms with van der Waals surface area (Å²) in [6.45, 7) is 2.33. The molecule has 2 aliphatic heterocycles. The van der Waals surface area contributed by atoms with Crippen molar-refractivity contribution in [2.45, 2.75) is 44.8 Å². The zero-order valence-electron chi connectivity index (χ0n) is 16.9. The minimum Gasteiger partial charge on any atom is -0.366 e. The van der Waals surface area contributed by atoms with Crippen LogP contribution in [0.2, 0.25) is 0 Å². The van der Waals surface area contributed by atoms with Crippen LogP contribution in [-0.4, -0.2) is 58.9 Å². The standard InChI is InChI=1S/C22H30N2O4/c1-13-8-9-14-6-4-5-7-15(14)18(13)19(25)16-12-22(28)17(21(27)23(2)3)10-11-24(22)20(16)26/h8-9,12-15,17-18,28H,4-7,10-11H2,1-3H3. The van der Waals surface area contributed by atoms with Crippen LogP contribution in [0.3, 0.4) is 0 Å². The first-order chi connectivity index (χ1) is 13.3. The molecule has 6 nitrogen and oxygen atoms in total. The molecule has 6 unspecified atom stereocenters. The van der Waals surface area contributed by atoms with Gasteiger partial charge in [-0.1, -0.05) is 31.9 Å². The summed E-state index contributed by atoms with van der Waals surface area (Å²) in [6.07, 6.45) is 10.6. The Balaban J connectivity index is 1.65. The van der Waals surface area contributed by atoms with E-state index >= 15 is 0 Å². The largest absolute Gasteiger partial charge is 0.366 e. The first-order valence-electron chi connectivity index (χ1n) is 10.5. The number of hydrogen-bond donors (Lipinski definition) is 1. The third-order valence-electron chi connectivity index (χ3n) is 7.29. The zero-order valence-corrected chi connectivity index (χ0v) is 16.9. The molecule has 0 aromatic heterocycles. The Morgan fingerprint density at radius 1 is 1.18 bits per heavy atom. The summed E-state index contributed by atoms with van der Waals surface area (Å²) in [5, 5.41) is 11.2. The van der Waals surface area contributed by atoms with Gasteiger partial charge in [-0.05, 0) is 43.1 Å². The van der Waals surface area contributed by atoms with E-state index in [4.69, 9.17) is 0 Å². The maximum atomic E-state index is 13.5. The summed E-state index contributed by atoms with van der Waals surface area (Å²) in [6, 6.07) is 0. The minimum absolute atomic E-state index is 0.0739. The van der Waals surface area contributed by atoms with Crippen LogP contribution in [0.15, 0.2) is 23.8 Å². The highest BCUT2D eigenvalue weighted by Gasteiger charge is 2.58. The Labute approximate surface area is 166 Å². The van der Waals surface area contributed by atoms with E-state index in [9.17, 15) is 19.5 Å². The summed E-state index contributed by atoms with van der Waals surface area (Å²) < 4.78 is 0. The Hall–Kier alpha value is -1.95. The molecule has 0 bridgehead atoms. The molecule has 6 atom stereocenters. The number of amides is 2. The van der Waals surface area contributed by atoms with E-state index in [2.05, 4.69) is 12.2 Å². The van der Waals surface area contributed by atoms with Gasteiger partial charge in [0.2, 0.25) is 5.91 Å². The number of nitrogens with zero attached hydrogens (tertiary/aromatic N) is 2. The van der Waals surface area contributed by atoms with Crippen LogP contribution in [-0.2, 0) is 14.4 Å². The molecule has 0 aromatic rings. The normalized spacial score (nSPS) is 39.4. The SMILES string of the molecule is CC1C=CC2CCCCC2C1C(=O)C1=CC2(O)C(C(=O)N(C)C)CCN2C1=O. The van der Waals surface area contributed by atoms with Crippen LogP contribution in [0.4, 0.5) is 0 Å². The fourth-order valence-electron chi connectivity index (χ4n) is 5.81. The molecule has 0 aromatic carbocycles. The predicted octanol–water partition coefficient (Wildman–Crippen LogP) is 1.75. The molecular weight excluding hydrogens is 356 g/mol. The van der Waals surface area contributed by atoms with E-state index < -0.39 is 17.6 Å². The number of carbonyl (C=O) groups excluding carboxylic acids is 3. The summed E-state index contributed by atoms with van der Waals surface area (Å²) in [5.74, 6) is -0.997. The van der Waals surface area contributed by atoms with Crippen molar-refractivity contribution in [3.05, 3.63) is 23.8 Å². The second kappa shape index (κ2) is 6.83. The Bertz CT molecular complexity index is 770. The summed E-state index contributed by atoms with van der Waals surface area (Å²) in [5.41, 5.74) is -1.60. The monoisotopic (exact) mass is 386 g/mol. The Kier molecular flexibility index (Phi) is 4.73. The van der Waals surface area contributed by atoms with Crippen molar-refractivity contribution in [1.82, 2.24) is 9.80 Å². The molecule has 0 radical (unpaired) electrons. The Morgan fingerprint density at radius 3 is 2.61 bits per heavy atom. The second-order valence-electron chi connectivity index (χ2n) is 9.12. The summed E-state index contributed by atoms with van der Waals surface area (Å²) >= 11 is 0. The number of fused-ring (bicyclic) bond motifs is 2. The predicted molar refractivity (Wildman–Crippen MR) is 104 cm³/mol. The molecule has 2 heterocycles. The van der Waals surface area contributed by atoms with Gasteiger partial charge in [-0.15, -0.1) is 0 Å². The van der Waals surface area contributed by atoms with Crippen molar-refractivity contribution in [3.8, 4) is 0 Å². The van der Waals surface area contributed by atoms with E-state index in [0.717, 1.165) is 19.3 Å². The lowest BCUT2D eigenvalue weighted by Crippen LogP contribution is -2.49. The van der Waals surface area contributed by atoms with Gasteiger partial charge in [0.25, 0.3) is 5.91 Å². The molecule has 2 amide bonds. The molecule has 1 saturated carbocycles. The molecule has 1 N–H and O–H groups in total. The van der Waals surface area contributed by atoms with Crippen molar-refractivity contribution in [3.63, 3.8) is 0 Å². The maximum absolute atomic E-state index is 13.5. The van der Waals surface area contributed by atoms with E-state index in [1.807, 2.05) is 6.92 Å². The highest BCUT2D eigenvalue weighted by atomic mass is 16.3. The third-order valence-corrected chi connectivity index (χ3v) is 7.29. The number of carbonyl (C=O) groups is 3. The van der Waals surface area contributed by atoms with Gasteiger partial charge < -0.3 is 14.9 Å². The molecule has 1 saturated heterocycles. The number of hydrogen-bond acceptors (Lipinski definition) is 4. The van der Waals surface area contributed by atoms with Crippen molar-refractivity contribution in [1.29, 1.82) is 0 Å². The first-order valence-corrected chi connectivity index (χ1v) is 10.5. The molecule has 4 aliphatic rings. The lowest BCUT2D eigenvalue weighted by molar-refractivity contribution is -0.150. The van der Waals surface area contributed by atoms with Gasteiger partial charge in [0.05, 0.1) is 11.5 Å². The number of ketones is 1. The third kappa shape index (κ3) is 2.76. The van der Waals surface area contributed by atoms with Gasteiger partial charge in [0, 0.05) is 26.6 Å². The van der Waals surface area contributed by atoms with Crippen LogP contribution in [0.25, 0.3) is 0 Å². The smallest absolute Gasteiger partial charge is 0.259 e. The molecule has 152 valence electrons. The lowest BCUT2D eigenvalue weighted by atomic mass is 9.63. The number of aliphatic hydroxyl groups is 1. The quantitative estimate of drug-likeness (QED) is 0.592. The summed E-state index contributed by atoms with van der Waals surface area (Å²) in [4.78, 5) is 41.8. The highest BCUT2D eigenvalue weighted by Crippen LogP contribution is 2.47. The lowest BCUT2D eigenvalue weighted by Gasteiger charge is -2.40. The molecule has 28 heavy (non-hydrogen) atoms. The van der Waals surface area contributed by atoms with Crippen molar-refractivity contribution >= 4 is 17.6 Å². The fraction of sp³-hybridized carbons (Fsp3) is 0.682. The molecule has 2 aliphatic carbocycles. The van der Waals surface area contributed by atoms with Crippen LogP contribution >= 0.6 is 0 Å². The summed E-state index contributed by atoms with van der Waals surface area (Å²) in [7, 11) is 3.28. The van der Waals surface area contributed by atoms with Crippen molar-refractivity contribution in [2.24, 2.45) is 29.6 Å². The van der Waals surface area contributed by atoms with Crippen LogP contribution in [0, 0.1) is 29.6 Å². The van der Waals surface area contributed by atoms with Crippen LogP contribution in [0.1, 0.15) is 39.0 Å². The van der Waals surface area contributed by atoms with Gasteiger partial charge in [-0.2, -0.15) is 0 Å². The average molecular weight is 386 g/mol. The number of allylic oxidation sites excluding steroid dienone is 2. The van der Waals surface area contributed by atoms with E-state index in [1.165, 1.54) is 22.3 Å². The van der Waals surface area contributed by atoms with Crippen LogP contribution in [0.5, 0.6) is 0 Å². The first kappa shape index (κ1) is 19.4. The number of Topliss-reactive ketones (excluding diaryl/α,β-unsaturated/α-hetero) is 1. The van der Waals surface area contributed by atoms with Crippen molar-refractivity contribution < 1.29 is 19.5 Å². The minimum atomic E-state index is -1.68. The van der Waals surface area contributed by atoms with Gasteiger partial charge >= 0.3 is 0 Å². The molecule has 0 spiro atoms. The second-order valence-corrected chi connectivity index (χ2v) is 9.12. The average Bonchev–Trinajstić information content (AvgIpc) is 3.13. The van der Waals surface area contributed by atoms with Gasteiger partial charge in [0.1, 0.15) is 0 Å². The number of rotatable bonds is 3. The van der Waals surface area contributed by atoms with E-state index in [1.54, 1.807) is 14.1 Å². The molecule has 2 fully saturated rings. The highest BCUT2D eigenvalue weighted by molar-refractivity contribution is 6.22. The fourth-order valence-corrected chi connectivity index (χ4v) is 5.81. The zero-order chi connectivity index (χ0) is 20.2. The maximum Gasteiger partial charge on any atom is 0.259 e. The van der Waals surface area contributed by atoms with Gasteiger partial charge in [-0.3, -0.25) is 14.4 Å². The molecule has 6 heteroatoms. The van der Waals surface area contributed by atoms with Gasteiger partial charge in [0.15, 0.2) is 11.5 Å². The van der Waals surface area contributed by atoms with E-state index in [-0.39, 0.29) is 35.0 Å². The molecule has 4 rings (SSSR count).